The average molecular weight is 864 g/mol. The van der Waals surface area contributed by atoms with E-state index in [1.54, 1.807) is 0 Å². The molecule has 0 aliphatic rings. The highest BCUT2D eigenvalue weighted by atomic mass is 16.3. The van der Waals surface area contributed by atoms with Gasteiger partial charge in [-0.3, -0.25) is 0 Å². The molecule has 314 valence electrons. The molecular weight excluding hydrogens is 827 g/mol. The lowest BCUT2D eigenvalue weighted by molar-refractivity contribution is 0.669. The van der Waals surface area contributed by atoms with Crippen molar-refractivity contribution in [1.82, 2.24) is 13.5 Å². The maximum absolute atomic E-state index is 6.24. The maximum atomic E-state index is 6.24. The van der Waals surface area contributed by atoms with Crippen LogP contribution in [0.2, 0.25) is 0 Å². The van der Waals surface area contributed by atoms with E-state index in [9.17, 15) is 0 Å². The zero-order chi connectivity index (χ0) is 44.2. The minimum absolute atomic E-state index is 0.914. The van der Waals surface area contributed by atoms with E-state index >= 15 is 0 Å². The minimum atomic E-state index is 0.914. The van der Waals surface area contributed by atoms with Gasteiger partial charge in [0, 0.05) is 65.2 Å². The zero-order valence-corrected chi connectivity index (χ0v) is 36.6. The summed E-state index contributed by atoms with van der Waals surface area (Å²) in [6, 6.07) is 82.7. The molecule has 11 aromatic carbocycles. The van der Waals surface area contributed by atoms with Crippen molar-refractivity contribution in [2.75, 3.05) is 0 Å². The summed E-state index contributed by atoms with van der Waals surface area (Å²) in [6.07, 6.45) is 0. The summed E-state index contributed by atoms with van der Waals surface area (Å²) in [4.78, 5) is 0. The van der Waals surface area contributed by atoms with E-state index in [2.05, 4.69) is 226 Å². The Bertz CT molecular complexity index is 4720. The zero-order valence-electron chi connectivity index (χ0n) is 36.6. The summed E-state index contributed by atoms with van der Waals surface area (Å²) in [5.41, 5.74) is 17.4. The number of fused-ring (bicyclic) bond motifs is 16. The smallest absolute Gasteiger partial charge is 0.136 e. The minimum Gasteiger partial charge on any atom is -0.456 e. The standard InChI is InChI=1S/C64H37N3O/c1-6-16-56-46(11-1)52-33-41(25-29-60(52)65(56)44-27-23-39-31-38(21-22-40(39)32-44)43-24-28-51-50-15-5-10-20-62(50)68-63(51)35-43)42-26-30-61-53(34-42)47-12-2-7-17-57(47)66(61)45-36-54-48-13-3-8-18-58(48)67-59-19-9-4-14-49(59)55(37-45)64(54)67/h1-37H. The molecule has 68 heavy (non-hydrogen) atoms. The van der Waals surface area contributed by atoms with Crippen LogP contribution in [0.3, 0.4) is 0 Å². The van der Waals surface area contributed by atoms with Crippen LogP contribution in [0.1, 0.15) is 0 Å². The third-order valence-electron chi connectivity index (χ3n) is 14.9. The van der Waals surface area contributed by atoms with Gasteiger partial charge in [-0.2, -0.15) is 0 Å². The van der Waals surface area contributed by atoms with Crippen LogP contribution in [0.25, 0.3) is 148 Å². The first-order valence-corrected chi connectivity index (χ1v) is 23.4. The Morgan fingerprint density at radius 1 is 0.250 bits per heavy atom. The Morgan fingerprint density at radius 2 is 0.691 bits per heavy atom. The molecular formula is C64H37N3O. The van der Waals surface area contributed by atoms with Crippen LogP contribution in [0.15, 0.2) is 229 Å². The van der Waals surface area contributed by atoms with Crippen LogP contribution < -0.4 is 0 Å². The Labute approximate surface area is 388 Å². The second-order valence-corrected chi connectivity index (χ2v) is 18.5. The largest absolute Gasteiger partial charge is 0.456 e. The normalized spacial score (nSPS) is 12.4. The van der Waals surface area contributed by atoms with E-state index in [-0.39, 0.29) is 0 Å². The summed E-state index contributed by atoms with van der Waals surface area (Å²) >= 11 is 0. The number of nitrogens with zero attached hydrogens (tertiary/aromatic N) is 3. The molecule has 4 nitrogen and oxygen atoms in total. The fourth-order valence-corrected chi connectivity index (χ4v) is 11.9. The molecule has 0 aliphatic heterocycles. The van der Waals surface area contributed by atoms with E-state index in [0.717, 1.165) is 33.2 Å². The van der Waals surface area contributed by atoms with E-state index in [1.165, 1.54) is 115 Å². The van der Waals surface area contributed by atoms with Crippen molar-refractivity contribution >= 4 is 114 Å². The molecule has 0 radical (unpaired) electrons. The van der Waals surface area contributed by atoms with Gasteiger partial charge in [0.25, 0.3) is 0 Å². The van der Waals surface area contributed by atoms with Gasteiger partial charge in [0.1, 0.15) is 11.2 Å². The lowest BCUT2D eigenvalue weighted by Crippen LogP contribution is -1.94. The van der Waals surface area contributed by atoms with Crippen LogP contribution in [-0.2, 0) is 0 Å². The number of aromatic nitrogens is 3. The number of benzene rings is 11. The summed E-state index contributed by atoms with van der Waals surface area (Å²) < 4.78 is 13.6. The van der Waals surface area contributed by atoms with Crippen molar-refractivity contribution in [3.63, 3.8) is 0 Å². The van der Waals surface area contributed by atoms with Gasteiger partial charge in [-0.1, -0.05) is 127 Å². The van der Waals surface area contributed by atoms with E-state index in [4.69, 9.17) is 4.42 Å². The van der Waals surface area contributed by atoms with Crippen LogP contribution in [0, 0.1) is 0 Å². The van der Waals surface area contributed by atoms with Crippen LogP contribution >= 0.6 is 0 Å². The Hall–Kier alpha value is -9.12. The van der Waals surface area contributed by atoms with Gasteiger partial charge in [-0.25, -0.2) is 0 Å². The topological polar surface area (TPSA) is 27.4 Å². The van der Waals surface area contributed by atoms with E-state index in [0.29, 0.717) is 0 Å². The lowest BCUT2D eigenvalue weighted by atomic mass is 9.99. The van der Waals surface area contributed by atoms with Gasteiger partial charge in [0.15, 0.2) is 0 Å². The average Bonchev–Trinajstić information content (AvgIpc) is 4.20. The van der Waals surface area contributed by atoms with Gasteiger partial charge in [0.05, 0.1) is 38.6 Å². The number of hydrogen-bond donors (Lipinski definition) is 0. The lowest BCUT2D eigenvalue weighted by Gasteiger charge is -2.11. The molecule has 0 atom stereocenters. The molecule has 0 amide bonds. The Balaban J connectivity index is 0.812. The Morgan fingerprint density at radius 3 is 1.34 bits per heavy atom. The van der Waals surface area contributed by atoms with Crippen LogP contribution in [0.5, 0.6) is 0 Å². The molecule has 0 bridgehead atoms. The molecule has 0 spiro atoms. The molecule has 4 heteroatoms. The first kappa shape index (κ1) is 36.1. The number of hydrogen-bond acceptors (Lipinski definition) is 1. The van der Waals surface area contributed by atoms with Crippen LogP contribution in [0.4, 0.5) is 0 Å². The molecule has 0 aliphatic carbocycles. The van der Waals surface area contributed by atoms with Crippen molar-refractivity contribution in [2.24, 2.45) is 0 Å². The second-order valence-electron chi connectivity index (χ2n) is 18.5. The van der Waals surface area contributed by atoms with E-state index < -0.39 is 0 Å². The molecule has 16 rings (SSSR count). The molecule has 0 N–H and O–H groups in total. The summed E-state index contributed by atoms with van der Waals surface area (Å²) in [7, 11) is 0. The molecule has 0 fully saturated rings. The fourth-order valence-electron chi connectivity index (χ4n) is 11.9. The summed E-state index contributed by atoms with van der Waals surface area (Å²) in [6.45, 7) is 0. The Kier molecular flexibility index (Phi) is 7.04. The predicted octanol–water partition coefficient (Wildman–Crippen LogP) is 17.4. The van der Waals surface area contributed by atoms with Crippen LogP contribution in [-0.4, -0.2) is 13.5 Å². The molecule has 5 aromatic heterocycles. The summed E-state index contributed by atoms with van der Waals surface area (Å²) in [5, 5.41) is 14.8. The molecule has 5 heterocycles. The van der Waals surface area contributed by atoms with Gasteiger partial charge in [-0.15, -0.1) is 0 Å². The first-order chi connectivity index (χ1) is 33.7. The third-order valence-corrected chi connectivity index (χ3v) is 14.9. The van der Waals surface area contributed by atoms with Gasteiger partial charge in [0.2, 0.25) is 0 Å². The SMILES string of the molecule is c1ccc2c(c1)oc1cc(-c3ccc4cc(-n5c6ccccc6c6cc(-c7ccc8c(c7)c7ccccc7n8-c7cc8c9ccccc9n9c%10ccccc%10c(c7)c89)ccc65)ccc4c3)ccc12. The van der Waals surface area contributed by atoms with E-state index in [1.807, 2.05) is 12.1 Å². The fraction of sp³-hybridized carbons (Fsp3) is 0. The highest BCUT2D eigenvalue weighted by Crippen LogP contribution is 2.44. The maximum Gasteiger partial charge on any atom is 0.136 e. The monoisotopic (exact) mass is 863 g/mol. The molecule has 0 unspecified atom stereocenters. The number of furan rings is 1. The third kappa shape index (κ3) is 4.87. The van der Waals surface area contributed by atoms with Crippen molar-refractivity contribution < 1.29 is 4.42 Å². The first-order valence-electron chi connectivity index (χ1n) is 23.4. The van der Waals surface area contributed by atoms with Gasteiger partial charge in [-0.05, 0) is 130 Å². The highest BCUT2D eigenvalue weighted by Gasteiger charge is 2.21. The second kappa shape index (κ2) is 13.3. The number of rotatable bonds is 4. The van der Waals surface area contributed by atoms with Gasteiger partial charge < -0.3 is 18.0 Å². The van der Waals surface area contributed by atoms with Crippen molar-refractivity contribution in [3.8, 4) is 33.6 Å². The molecule has 0 saturated heterocycles. The quantitative estimate of drug-likeness (QED) is 0.173. The summed E-state index contributed by atoms with van der Waals surface area (Å²) in [5.74, 6) is 0. The highest BCUT2D eigenvalue weighted by molar-refractivity contribution is 6.24. The number of para-hydroxylation sites is 5. The van der Waals surface area contributed by atoms with Crippen molar-refractivity contribution in [3.05, 3.63) is 224 Å². The molecule has 16 aromatic rings. The van der Waals surface area contributed by atoms with Crippen molar-refractivity contribution in [2.45, 2.75) is 0 Å². The molecule has 0 saturated carbocycles. The van der Waals surface area contributed by atoms with Crippen molar-refractivity contribution in [1.29, 1.82) is 0 Å². The van der Waals surface area contributed by atoms with Gasteiger partial charge >= 0.3 is 0 Å². The predicted molar refractivity (Wildman–Crippen MR) is 285 cm³/mol.